The Morgan fingerprint density at radius 3 is 1.47 bits per heavy atom. The summed E-state index contributed by atoms with van der Waals surface area (Å²) in [5, 5.41) is 0. The lowest BCUT2D eigenvalue weighted by Gasteiger charge is -2.33. The molecule has 1 spiro atoms. The molecule has 0 saturated carbocycles. The van der Waals surface area contributed by atoms with E-state index in [2.05, 4.69) is 114 Å². The van der Waals surface area contributed by atoms with Crippen LogP contribution in [0.4, 0.5) is 0 Å². The average Bonchev–Trinajstić information content (AvgIpc) is 3.83. The molecular formula is C43H42N2O2. The van der Waals surface area contributed by atoms with Crippen LogP contribution in [0.25, 0.3) is 0 Å². The van der Waals surface area contributed by atoms with E-state index in [1.54, 1.807) is 0 Å². The maximum Gasteiger partial charge on any atom is 0.217 e. The van der Waals surface area contributed by atoms with Gasteiger partial charge in [-0.1, -0.05) is 99.5 Å². The molecular weight excluding hydrogens is 576 g/mol. The molecule has 6 aliphatic rings. The van der Waals surface area contributed by atoms with Crippen molar-refractivity contribution < 1.29 is 9.47 Å². The minimum atomic E-state index is -0.216. The zero-order chi connectivity index (χ0) is 32.0. The quantitative estimate of drug-likeness (QED) is 0.225. The minimum Gasteiger partial charge on any atom is -0.471 e. The van der Waals surface area contributed by atoms with Crippen LogP contribution in [0.5, 0.6) is 0 Å². The number of hydrogen-bond donors (Lipinski definition) is 0. The van der Waals surface area contributed by atoms with Crippen LogP contribution < -0.4 is 0 Å². The fourth-order valence-electron chi connectivity index (χ4n) is 10.7. The Balaban J connectivity index is 1.19. The molecule has 236 valence electrons. The van der Waals surface area contributed by atoms with Crippen molar-refractivity contribution in [2.75, 3.05) is 0 Å². The molecule has 4 atom stereocenters. The van der Waals surface area contributed by atoms with Crippen LogP contribution in [0.2, 0.25) is 0 Å². The van der Waals surface area contributed by atoms with Crippen molar-refractivity contribution in [1.82, 2.24) is 0 Å². The molecule has 47 heavy (non-hydrogen) atoms. The Labute approximate surface area is 278 Å². The summed E-state index contributed by atoms with van der Waals surface area (Å²) in [6, 6.07) is 27.2. The van der Waals surface area contributed by atoms with Crippen LogP contribution in [0.1, 0.15) is 119 Å². The van der Waals surface area contributed by atoms with Crippen LogP contribution in [0, 0.1) is 13.8 Å². The third kappa shape index (κ3) is 3.70. The summed E-state index contributed by atoms with van der Waals surface area (Å²) in [6.07, 6.45) is 4.03. The second-order valence-corrected chi connectivity index (χ2v) is 16.6. The second kappa shape index (κ2) is 9.04. The summed E-state index contributed by atoms with van der Waals surface area (Å²) in [6.45, 7) is 14.2. The van der Waals surface area contributed by atoms with E-state index in [0.29, 0.717) is 0 Å². The molecule has 4 aliphatic carbocycles. The zero-order valence-electron chi connectivity index (χ0n) is 28.3. The topological polar surface area (TPSA) is 43.2 Å². The lowest BCUT2D eigenvalue weighted by atomic mass is 9.70. The van der Waals surface area contributed by atoms with E-state index in [9.17, 15) is 0 Å². The highest BCUT2D eigenvalue weighted by Crippen LogP contribution is 2.65. The smallest absolute Gasteiger partial charge is 0.217 e. The largest absolute Gasteiger partial charge is 0.471 e. The monoisotopic (exact) mass is 618 g/mol. The molecule has 4 heteroatoms. The third-order valence-corrected chi connectivity index (χ3v) is 12.3. The highest BCUT2D eigenvalue weighted by Gasteiger charge is 2.59. The summed E-state index contributed by atoms with van der Waals surface area (Å²) in [5.74, 6) is 1.65. The van der Waals surface area contributed by atoms with Crippen LogP contribution in [-0.2, 0) is 38.6 Å². The number of aliphatic imine (C=N–C) groups is 2. The lowest BCUT2D eigenvalue weighted by molar-refractivity contribution is 0.206. The molecule has 0 unspecified atom stereocenters. The highest BCUT2D eigenvalue weighted by atomic mass is 16.5. The Morgan fingerprint density at radius 1 is 0.596 bits per heavy atom. The summed E-state index contributed by atoms with van der Waals surface area (Å²) < 4.78 is 13.8. The Morgan fingerprint density at radius 2 is 1.02 bits per heavy atom. The van der Waals surface area contributed by atoms with Gasteiger partial charge in [-0.3, -0.25) is 0 Å². The van der Waals surface area contributed by atoms with Crippen molar-refractivity contribution in [1.29, 1.82) is 0 Å². The number of rotatable bonds is 2. The van der Waals surface area contributed by atoms with Gasteiger partial charge < -0.3 is 9.47 Å². The van der Waals surface area contributed by atoms with Crippen LogP contribution in [-0.4, -0.2) is 24.0 Å². The van der Waals surface area contributed by atoms with Crippen molar-refractivity contribution in [3.8, 4) is 0 Å². The summed E-state index contributed by atoms with van der Waals surface area (Å²) in [5.41, 5.74) is 15.7. The molecule has 0 radical (unpaired) electrons. The Hall–Kier alpha value is -4.18. The van der Waals surface area contributed by atoms with E-state index in [1.165, 1.54) is 66.8 Å². The number of ether oxygens (including phenoxy) is 2. The normalized spacial score (nSPS) is 27.3. The number of nitrogens with zero attached hydrogens (tertiary/aromatic N) is 2. The minimum absolute atomic E-state index is 0.0224. The van der Waals surface area contributed by atoms with Crippen molar-refractivity contribution in [2.45, 2.75) is 108 Å². The van der Waals surface area contributed by atoms with Gasteiger partial charge in [0.1, 0.15) is 24.3 Å². The second-order valence-electron chi connectivity index (χ2n) is 16.6. The predicted molar refractivity (Wildman–Crippen MR) is 187 cm³/mol. The molecule has 2 heterocycles. The molecule has 2 aliphatic heterocycles. The maximum absolute atomic E-state index is 6.88. The highest BCUT2D eigenvalue weighted by molar-refractivity contribution is 6.01. The Kier molecular flexibility index (Phi) is 5.36. The van der Waals surface area contributed by atoms with Crippen LogP contribution in [0.3, 0.4) is 0 Å². The van der Waals surface area contributed by atoms with Crippen molar-refractivity contribution in [2.24, 2.45) is 9.98 Å². The van der Waals surface area contributed by atoms with Gasteiger partial charge in [0.05, 0.1) is 0 Å². The number of aryl methyl sites for hydroxylation is 2. The predicted octanol–water partition coefficient (Wildman–Crippen LogP) is 8.84. The van der Waals surface area contributed by atoms with Gasteiger partial charge in [-0.15, -0.1) is 0 Å². The number of fused-ring (bicyclic) bond motifs is 10. The first-order valence-corrected chi connectivity index (χ1v) is 17.5. The van der Waals surface area contributed by atoms with Gasteiger partial charge in [-0.25, -0.2) is 9.98 Å². The SMILES string of the molecule is Cc1cc(C2=N[C@@H]3c4ccccc4C[C@@H]3O2)c2c(c1)C(C)(C)CC21CC(C)(C)c2cc(C)cc(C3=N[C@@H]4c5ccccc5C[C@@H]4O3)c21. The van der Waals surface area contributed by atoms with Gasteiger partial charge in [-0.2, -0.15) is 0 Å². The summed E-state index contributed by atoms with van der Waals surface area (Å²) in [7, 11) is 0. The van der Waals surface area contributed by atoms with E-state index < -0.39 is 0 Å². The van der Waals surface area contributed by atoms with Crippen molar-refractivity contribution in [3.05, 3.63) is 140 Å². The molecule has 0 aromatic heterocycles. The molecule has 0 bridgehead atoms. The van der Waals surface area contributed by atoms with Gasteiger partial charge in [-0.05, 0) is 94.2 Å². The standard InChI is InChI=1S/C43H42N2O2/c1-23-15-29(39-44-37-27-13-9-7-11-25(27)19-33(37)46-39)35-31(17-23)41(3,4)21-43(35)22-42(5,6)32-18-24(2)16-30(36(32)43)40-45-38-28-14-10-8-12-26(28)20-34(38)47-40/h7-18,33-34,37-38H,19-22H2,1-6H3/t33-,34-,37+,38+,43?/m0/s1. The first-order valence-electron chi connectivity index (χ1n) is 17.5. The fourth-order valence-corrected chi connectivity index (χ4v) is 10.7. The van der Waals surface area contributed by atoms with Gasteiger partial charge >= 0.3 is 0 Å². The molecule has 0 N–H and O–H groups in total. The number of hydrogen-bond acceptors (Lipinski definition) is 4. The zero-order valence-corrected chi connectivity index (χ0v) is 28.3. The van der Waals surface area contributed by atoms with E-state index >= 15 is 0 Å². The molecule has 0 amide bonds. The summed E-state index contributed by atoms with van der Waals surface area (Å²) >= 11 is 0. The van der Waals surface area contributed by atoms with Gasteiger partial charge in [0.15, 0.2) is 0 Å². The number of benzene rings is 4. The molecule has 4 aromatic rings. The maximum atomic E-state index is 6.88. The molecule has 4 aromatic carbocycles. The first-order chi connectivity index (χ1) is 22.5. The van der Waals surface area contributed by atoms with E-state index in [4.69, 9.17) is 19.5 Å². The third-order valence-electron chi connectivity index (χ3n) is 12.3. The molecule has 4 nitrogen and oxygen atoms in total. The van der Waals surface area contributed by atoms with E-state index in [0.717, 1.165) is 37.5 Å². The van der Waals surface area contributed by atoms with Gasteiger partial charge in [0.25, 0.3) is 0 Å². The van der Waals surface area contributed by atoms with Crippen LogP contribution >= 0.6 is 0 Å². The average molecular weight is 619 g/mol. The van der Waals surface area contributed by atoms with Crippen molar-refractivity contribution >= 4 is 11.8 Å². The van der Waals surface area contributed by atoms with E-state index in [1.807, 2.05) is 0 Å². The van der Waals surface area contributed by atoms with Crippen molar-refractivity contribution in [3.63, 3.8) is 0 Å². The van der Waals surface area contributed by atoms with E-state index in [-0.39, 0.29) is 40.5 Å². The molecule has 0 saturated heterocycles. The van der Waals surface area contributed by atoms with Crippen LogP contribution in [0.15, 0.2) is 82.8 Å². The summed E-state index contributed by atoms with van der Waals surface area (Å²) in [4.78, 5) is 10.8. The van der Waals surface area contributed by atoms with Gasteiger partial charge in [0.2, 0.25) is 11.8 Å². The fraction of sp³-hybridized carbons (Fsp3) is 0.395. The van der Waals surface area contributed by atoms with Gasteiger partial charge in [0, 0.05) is 29.4 Å². The lowest BCUT2D eigenvalue weighted by Crippen LogP contribution is -2.30. The molecule has 10 rings (SSSR count). The first kappa shape index (κ1) is 27.9. The Bertz CT molecular complexity index is 1970. The molecule has 0 fully saturated rings.